The van der Waals surface area contributed by atoms with Crippen LogP contribution in [0.2, 0.25) is 0 Å². The maximum absolute atomic E-state index is 6.34. The summed E-state index contributed by atoms with van der Waals surface area (Å²) >= 11 is 0. The van der Waals surface area contributed by atoms with E-state index in [9.17, 15) is 0 Å². The van der Waals surface area contributed by atoms with Gasteiger partial charge in [-0.25, -0.2) is 4.99 Å². The maximum atomic E-state index is 6.34. The molecule has 3 rings (SSSR count). The molecule has 5 nitrogen and oxygen atoms in total. The Morgan fingerprint density at radius 1 is 1.33 bits per heavy atom. The summed E-state index contributed by atoms with van der Waals surface area (Å²) in [4.78, 5) is 4.32. The molecule has 1 aromatic carbocycles. The lowest BCUT2D eigenvalue weighted by Crippen LogP contribution is -2.32. The van der Waals surface area contributed by atoms with E-state index in [1.54, 1.807) is 7.05 Å². The quantitative estimate of drug-likeness (QED) is 0.137. The Morgan fingerprint density at radius 3 is 2.80 bits per heavy atom. The monoisotopic (exact) mass is 412 g/mol. The highest BCUT2D eigenvalue weighted by Crippen LogP contribution is 2.43. The molecule has 2 aliphatic rings. The second-order valence-electron chi connectivity index (χ2n) is 8.23. The van der Waals surface area contributed by atoms with Gasteiger partial charge in [-0.3, -0.25) is 0 Å². The highest BCUT2D eigenvalue weighted by Gasteiger charge is 2.26. The first-order chi connectivity index (χ1) is 14.6. The van der Waals surface area contributed by atoms with Gasteiger partial charge in [-0.1, -0.05) is 38.0 Å². The lowest BCUT2D eigenvalue weighted by molar-refractivity contribution is 0.399. The number of nitrogens with zero attached hydrogens (tertiary/aromatic N) is 1. The van der Waals surface area contributed by atoms with Crippen LogP contribution in [0.5, 0.6) is 11.5 Å². The molecule has 0 radical (unpaired) electrons. The fourth-order valence-corrected chi connectivity index (χ4v) is 4.01. The molecule has 164 valence electrons. The van der Waals surface area contributed by atoms with Gasteiger partial charge < -0.3 is 19.5 Å². The van der Waals surface area contributed by atoms with Gasteiger partial charge >= 0.3 is 0 Å². The molecule has 1 N–H and O–H groups in total. The van der Waals surface area contributed by atoms with Crippen molar-refractivity contribution in [2.45, 2.75) is 70.8 Å². The van der Waals surface area contributed by atoms with Gasteiger partial charge in [-0.2, -0.15) is 0 Å². The van der Waals surface area contributed by atoms with E-state index in [0.717, 1.165) is 49.4 Å². The Balaban J connectivity index is 1.94. The molecule has 1 saturated heterocycles. The standard InChI is InChI=1S/C25H36N2O3/c1-5-7-8-11-19-14-22(28-6-2)24(20-12-9-10-18(3)13-20)23(15-19)30-25(26-4)27-16-21-17-29-21/h6,13-15,20-21H,2,5,7-12,16-17H2,1,3-4H3,(H,26,27)/t20-,21?/m0/s1. The van der Waals surface area contributed by atoms with Crippen molar-refractivity contribution in [1.29, 1.82) is 0 Å². The third kappa shape index (κ3) is 6.36. The summed E-state index contributed by atoms with van der Waals surface area (Å²) < 4.78 is 17.5. The summed E-state index contributed by atoms with van der Waals surface area (Å²) in [6.07, 6.45) is 12.1. The molecule has 1 fully saturated rings. The van der Waals surface area contributed by atoms with Crippen molar-refractivity contribution >= 4 is 6.02 Å². The first-order valence-corrected chi connectivity index (χ1v) is 11.3. The number of amidine groups is 1. The normalized spacial score (nSPS) is 21.0. The zero-order valence-corrected chi connectivity index (χ0v) is 18.7. The lowest BCUT2D eigenvalue weighted by atomic mass is 9.84. The van der Waals surface area contributed by atoms with Crippen LogP contribution in [0.3, 0.4) is 0 Å². The van der Waals surface area contributed by atoms with Crippen LogP contribution in [0, 0.1) is 0 Å². The van der Waals surface area contributed by atoms with E-state index < -0.39 is 0 Å². The van der Waals surface area contributed by atoms with E-state index >= 15 is 0 Å². The number of ether oxygens (including phenoxy) is 3. The first kappa shape index (κ1) is 22.4. The number of aryl methyl sites for hydroxylation is 1. The minimum atomic E-state index is 0.258. The second kappa shape index (κ2) is 11.2. The van der Waals surface area contributed by atoms with Crippen LogP contribution in [0.1, 0.15) is 69.4 Å². The minimum Gasteiger partial charge on any atom is -0.465 e. The largest absolute Gasteiger partial charge is 0.465 e. The summed E-state index contributed by atoms with van der Waals surface area (Å²) in [6.45, 7) is 9.73. The zero-order chi connectivity index (χ0) is 21.3. The molecular formula is C25H36N2O3. The first-order valence-electron chi connectivity index (χ1n) is 11.3. The van der Waals surface area contributed by atoms with E-state index in [1.807, 2.05) is 0 Å². The van der Waals surface area contributed by atoms with Crippen molar-refractivity contribution in [3.8, 4) is 11.5 Å². The average Bonchev–Trinajstić information content (AvgIpc) is 3.56. The smallest absolute Gasteiger partial charge is 0.290 e. The van der Waals surface area contributed by atoms with Gasteiger partial charge in [0.05, 0.1) is 19.0 Å². The lowest BCUT2D eigenvalue weighted by Gasteiger charge is -2.25. The van der Waals surface area contributed by atoms with Crippen LogP contribution in [0.15, 0.2) is 41.6 Å². The van der Waals surface area contributed by atoms with Crippen molar-refractivity contribution in [3.05, 3.63) is 47.7 Å². The number of epoxide rings is 1. The number of nitrogens with one attached hydrogen (secondary N) is 1. The summed E-state index contributed by atoms with van der Waals surface area (Å²) in [5, 5.41) is 3.27. The van der Waals surface area contributed by atoms with E-state index in [1.165, 1.54) is 36.7 Å². The Morgan fingerprint density at radius 2 is 2.13 bits per heavy atom. The van der Waals surface area contributed by atoms with Gasteiger partial charge in [0, 0.05) is 25.1 Å². The van der Waals surface area contributed by atoms with Crippen molar-refractivity contribution < 1.29 is 14.2 Å². The molecule has 1 unspecified atom stereocenters. The number of unbranched alkanes of at least 4 members (excludes halogenated alkanes) is 2. The van der Waals surface area contributed by atoms with Gasteiger partial charge in [0.1, 0.15) is 11.5 Å². The second-order valence-corrected chi connectivity index (χ2v) is 8.23. The van der Waals surface area contributed by atoms with Crippen LogP contribution in [0.4, 0.5) is 0 Å². The topological polar surface area (TPSA) is 55.4 Å². The van der Waals surface area contributed by atoms with Gasteiger partial charge in [0.2, 0.25) is 0 Å². The van der Waals surface area contributed by atoms with Crippen LogP contribution < -0.4 is 14.8 Å². The number of aliphatic imine (C=N–C) groups is 1. The van der Waals surface area contributed by atoms with Crippen LogP contribution in [-0.4, -0.2) is 32.3 Å². The molecule has 0 bridgehead atoms. The summed E-state index contributed by atoms with van der Waals surface area (Å²) in [7, 11) is 1.74. The predicted octanol–water partition coefficient (Wildman–Crippen LogP) is 5.51. The van der Waals surface area contributed by atoms with Crippen molar-refractivity contribution in [2.24, 2.45) is 4.99 Å². The van der Waals surface area contributed by atoms with Crippen LogP contribution >= 0.6 is 0 Å². The Kier molecular flexibility index (Phi) is 8.38. The van der Waals surface area contributed by atoms with Gasteiger partial charge in [-0.05, 0) is 56.7 Å². The third-order valence-electron chi connectivity index (χ3n) is 5.68. The summed E-state index contributed by atoms with van der Waals surface area (Å²) in [6, 6.07) is 4.84. The summed E-state index contributed by atoms with van der Waals surface area (Å²) in [5.41, 5.74) is 3.72. The Labute approximate surface area is 181 Å². The predicted molar refractivity (Wildman–Crippen MR) is 123 cm³/mol. The molecule has 1 aliphatic carbocycles. The molecule has 1 aromatic rings. The Bertz CT molecular complexity index is 781. The number of hydrogen-bond donors (Lipinski definition) is 1. The van der Waals surface area contributed by atoms with Crippen molar-refractivity contribution in [3.63, 3.8) is 0 Å². The molecule has 1 heterocycles. The van der Waals surface area contributed by atoms with E-state index in [-0.39, 0.29) is 12.0 Å². The molecule has 0 spiro atoms. The fourth-order valence-electron chi connectivity index (χ4n) is 4.01. The van der Waals surface area contributed by atoms with Crippen LogP contribution in [0.25, 0.3) is 0 Å². The average molecular weight is 413 g/mol. The fraction of sp³-hybridized carbons (Fsp3) is 0.560. The molecule has 30 heavy (non-hydrogen) atoms. The van der Waals surface area contributed by atoms with Crippen molar-refractivity contribution in [1.82, 2.24) is 5.32 Å². The molecule has 2 atom stereocenters. The zero-order valence-electron chi connectivity index (χ0n) is 18.7. The maximum Gasteiger partial charge on any atom is 0.290 e. The molecule has 0 aromatic heterocycles. The molecule has 0 saturated carbocycles. The van der Waals surface area contributed by atoms with Crippen molar-refractivity contribution in [2.75, 3.05) is 20.2 Å². The molecular weight excluding hydrogens is 376 g/mol. The highest BCUT2D eigenvalue weighted by atomic mass is 16.6. The van der Waals surface area contributed by atoms with Gasteiger partial charge in [0.15, 0.2) is 0 Å². The van der Waals surface area contributed by atoms with E-state index in [0.29, 0.717) is 12.6 Å². The molecule has 1 aliphatic heterocycles. The molecule has 5 heteroatoms. The number of benzene rings is 1. The van der Waals surface area contributed by atoms with Gasteiger partial charge in [-0.15, -0.1) is 0 Å². The highest BCUT2D eigenvalue weighted by molar-refractivity contribution is 5.77. The minimum absolute atomic E-state index is 0.258. The van der Waals surface area contributed by atoms with E-state index in [4.69, 9.17) is 14.2 Å². The van der Waals surface area contributed by atoms with Gasteiger partial charge in [0.25, 0.3) is 6.02 Å². The number of allylic oxidation sites excluding steroid dienone is 2. The Hall–Kier alpha value is -2.27. The molecule has 0 amide bonds. The third-order valence-corrected chi connectivity index (χ3v) is 5.68. The number of rotatable bonds is 10. The summed E-state index contributed by atoms with van der Waals surface area (Å²) in [5.74, 6) is 1.92. The number of hydrogen-bond acceptors (Lipinski definition) is 4. The van der Waals surface area contributed by atoms with Crippen LogP contribution in [-0.2, 0) is 11.2 Å². The van der Waals surface area contributed by atoms with E-state index in [2.05, 4.69) is 48.9 Å². The SMILES string of the molecule is C=COc1cc(CCCCC)cc(O/C(=N\C)NCC2CO2)c1[C@@H]1C=C(C)CCC1.